The second kappa shape index (κ2) is 11.8. The molecule has 0 saturated carbocycles. The number of carbonyl (C=O) groups is 2. The highest BCUT2D eigenvalue weighted by Gasteiger charge is 2.28. The summed E-state index contributed by atoms with van der Waals surface area (Å²) >= 11 is 0. The van der Waals surface area contributed by atoms with Crippen molar-refractivity contribution < 1.29 is 18.7 Å². The summed E-state index contributed by atoms with van der Waals surface area (Å²) in [7, 11) is 1.63. The smallest absolute Gasteiger partial charge is 0.254 e. The van der Waals surface area contributed by atoms with E-state index in [4.69, 9.17) is 4.74 Å². The fraction of sp³-hybridized carbons (Fsp3) is 0.357. The number of rotatable bonds is 8. The van der Waals surface area contributed by atoms with Crippen LogP contribution in [0, 0.1) is 5.82 Å². The zero-order valence-corrected chi connectivity index (χ0v) is 21.4. The molecule has 8 nitrogen and oxygen atoms in total. The van der Waals surface area contributed by atoms with Crippen molar-refractivity contribution in [3.8, 4) is 17.0 Å². The summed E-state index contributed by atoms with van der Waals surface area (Å²) < 4.78 is 19.0. The molecule has 2 amide bonds. The Balaban J connectivity index is 1.36. The number of halogens is 1. The molecule has 1 saturated heterocycles. The number of anilines is 1. The van der Waals surface area contributed by atoms with E-state index in [1.807, 2.05) is 50.2 Å². The Morgan fingerprint density at radius 1 is 1.03 bits per heavy atom. The topological polar surface area (TPSA) is 78.9 Å². The van der Waals surface area contributed by atoms with Gasteiger partial charge >= 0.3 is 0 Å². The van der Waals surface area contributed by atoms with Crippen LogP contribution in [0.2, 0.25) is 0 Å². The Morgan fingerprint density at radius 3 is 2.43 bits per heavy atom. The van der Waals surface area contributed by atoms with Gasteiger partial charge in [-0.3, -0.25) is 9.59 Å². The molecule has 0 radical (unpaired) electrons. The molecule has 0 unspecified atom stereocenters. The van der Waals surface area contributed by atoms with Crippen LogP contribution in [0.1, 0.15) is 30.6 Å². The van der Waals surface area contributed by atoms with Crippen molar-refractivity contribution in [2.75, 3.05) is 44.7 Å². The lowest BCUT2D eigenvalue weighted by atomic mass is 10.1. The van der Waals surface area contributed by atoms with Crippen LogP contribution in [0.4, 0.5) is 10.2 Å². The number of piperazine rings is 1. The number of ether oxygens (including phenoxy) is 1. The molecule has 194 valence electrons. The molecule has 0 N–H and O–H groups in total. The summed E-state index contributed by atoms with van der Waals surface area (Å²) in [5.74, 6) is 0.573. The van der Waals surface area contributed by atoms with Crippen LogP contribution < -0.4 is 9.64 Å². The molecule has 9 heteroatoms. The quantitative estimate of drug-likeness (QED) is 0.462. The van der Waals surface area contributed by atoms with E-state index in [1.54, 1.807) is 18.1 Å². The highest BCUT2D eigenvalue weighted by Crippen LogP contribution is 2.23. The molecule has 2 heterocycles. The predicted octanol–water partition coefficient (Wildman–Crippen LogP) is 3.88. The zero-order chi connectivity index (χ0) is 26.4. The third-order valence-corrected chi connectivity index (χ3v) is 6.73. The predicted molar refractivity (Wildman–Crippen MR) is 140 cm³/mol. The van der Waals surface area contributed by atoms with Crippen molar-refractivity contribution in [2.24, 2.45) is 0 Å². The summed E-state index contributed by atoms with van der Waals surface area (Å²) in [6.45, 7) is 6.07. The molecule has 1 aliphatic heterocycles. The second-order valence-electron chi connectivity index (χ2n) is 9.08. The fourth-order valence-electron chi connectivity index (χ4n) is 4.30. The summed E-state index contributed by atoms with van der Waals surface area (Å²) in [5.41, 5.74) is 1.92. The average molecular weight is 506 g/mol. The monoisotopic (exact) mass is 505 g/mol. The Hall–Kier alpha value is -4.01. The molecule has 0 aliphatic carbocycles. The van der Waals surface area contributed by atoms with Gasteiger partial charge in [0.25, 0.3) is 5.91 Å². The lowest BCUT2D eigenvalue weighted by molar-refractivity contribution is -0.132. The Kier molecular flexibility index (Phi) is 8.32. The number of amides is 2. The lowest BCUT2D eigenvalue weighted by Gasteiger charge is -2.37. The average Bonchev–Trinajstić information content (AvgIpc) is 2.95. The van der Waals surface area contributed by atoms with Crippen molar-refractivity contribution in [3.05, 3.63) is 72.0 Å². The van der Waals surface area contributed by atoms with Crippen LogP contribution in [-0.4, -0.2) is 77.7 Å². The maximum absolute atomic E-state index is 13.7. The molecule has 0 bridgehead atoms. The minimum atomic E-state index is -0.475. The summed E-state index contributed by atoms with van der Waals surface area (Å²) in [5, 5.41) is 8.78. The van der Waals surface area contributed by atoms with Gasteiger partial charge in [-0.15, -0.1) is 10.2 Å². The number of benzene rings is 2. The van der Waals surface area contributed by atoms with E-state index in [2.05, 4.69) is 15.1 Å². The first kappa shape index (κ1) is 26.1. The minimum absolute atomic E-state index is 0.0423. The molecule has 4 rings (SSSR count). The van der Waals surface area contributed by atoms with E-state index >= 15 is 0 Å². The highest BCUT2D eigenvalue weighted by molar-refractivity contribution is 5.96. The molecule has 1 atom stereocenters. The lowest BCUT2D eigenvalue weighted by Crippen LogP contribution is -2.53. The molecular formula is C28H32FN5O3. The summed E-state index contributed by atoms with van der Waals surface area (Å²) in [4.78, 5) is 31.6. The number of hydrogen-bond acceptors (Lipinski definition) is 6. The first-order valence-corrected chi connectivity index (χ1v) is 12.5. The van der Waals surface area contributed by atoms with Gasteiger partial charge in [0.1, 0.15) is 18.1 Å². The van der Waals surface area contributed by atoms with Gasteiger partial charge in [0.15, 0.2) is 5.82 Å². The third kappa shape index (κ3) is 6.22. The van der Waals surface area contributed by atoms with Crippen LogP contribution >= 0.6 is 0 Å². The normalized spacial score (nSPS) is 14.3. The van der Waals surface area contributed by atoms with Gasteiger partial charge in [-0.25, -0.2) is 4.39 Å². The number of methoxy groups -OCH3 is 1. The van der Waals surface area contributed by atoms with E-state index in [9.17, 15) is 14.0 Å². The number of carbonyl (C=O) groups excluding carboxylic acids is 2. The van der Waals surface area contributed by atoms with E-state index in [0.717, 1.165) is 22.8 Å². The van der Waals surface area contributed by atoms with Crippen molar-refractivity contribution >= 4 is 17.6 Å². The van der Waals surface area contributed by atoms with Crippen molar-refractivity contribution in [3.63, 3.8) is 0 Å². The van der Waals surface area contributed by atoms with Crippen LogP contribution in [0.3, 0.4) is 0 Å². The maximum Gasteiger partial charge on any atom is 0.254 e. The van der Waals surface area contributed by atoms with E-state index < -0.39 is 5.82 Å². The third-order valence-electron chi connectivity index (χ3n) is 6.73. The number of hydrogen-bond donors (Lipinski definition) is 0. The molecule has 1 aliphatic rings. The summed E-state index contributed by atoms with van der Waals surface area (Å²) in [6.07, 6.45) is 0.687. The van der Waals surface area contributed by atoms with Crippen LogP contribution in [0.25, 0.3) is 11.3 Å². The molecule has 37 heavy (non-hydrogen) atoms. The number of nitrogens with zero attached hydrogens (tertiary/aromatic N) is 5. The first-order valence-electron chi connectivity index (χ1n) is 12.5. The fourth-order valence-corrected chi connectivity index (χ4v) is 4.30. The second-order valence-corrected chi connectivity index (χ2v) is 9.08. The van der Waals surface area contributed by atoms with Crippen molar-refractivity contribution in [1.82, 2.24) is 20.0 Å². The van der Waals surface area contributed by atoms with Gasteiger partial charge in [0.05, 0.1) is 12.8 Å². The molecule has 1 aromatic heterocycles. The Bertz CT molecular complexity index is 1230. The van der Waals surface area contributed by atoms with Gasteiger partial charge < -0.3 is 19.4 Å². The molecule has 2 aromatic carbocycles. The van der Waals surface area contributed by atoms with Gasteiger partial charge in [-0.2, -0.15) is 0 Å². The minimum Gasteiger partial charge on any atom is -0.497 e. The van der Waals surface area contributed by atoms with E-state index in [0.29, 0.717) is 32.6 Å². The van der Waals surface area contributed by atoms with Crippen molar-refractivity contribution in [1.29, 1.82) is 0 Å². The van der Waals surface area contributed by atoms with Crippen molar-refractivity contribution in [2.45, 2.75) is 26.3 Å². The molecular weight excluding hydrogens is 473 g/mol. The molecule has 0 spiro atoms. The first-order chi connectivity index (χ1) is 17.9. The highest BCUT2D eigenvalue weighted by atomic mass is 19.1. The van der Waals surface area contributed by atoms with Crippen LogP contribution in [-0.2, 0) is 4.79 Å². The Morgan fingerprint density at radius 2 is 1.78 bits per heavy atom. The largest absolute Gasteiger partial charge is 0.497 e. The summed E-state index contributed by atoms with van der Waals surface area (Å²) in [6, 6.07) is 17.0. The molecule has 3 aromatic rings. The van der Waals surface area contributed by atoms with Crippen LogP contribution in [0.5, 0.6) is 5.75 Å². The standard InChI is InChI=1S/C28H32FN5O3/c1-4-20(2)34(28(36)22-8-5-9-23(29)17-22)19-27(35)33-15-13-32(14-16-33)26-12-11-25(30-31-26)21-7-6-10-24(18-21)37-3/h5-12,17-18,20H,4,13-16,19H2,1-3H3/t20-/m0/s1. The van der Waals surface area contributed by atoms with Gasteiger partial charge in [-0.1, -0.05) is 25.1 Å². The van der Waals surface area contributed by atoms with E-state index in [1.165, 1.54) is 23.1 Å². The molecule has 1 fully saturated rings. The van der Waals surface area contributed by atoms with Gasteiger partial charge in [0, 0.05) is 43.3 Å². The SMILES string of the molecule is CC[C@H](C)N(CC(=O)N1CCN(c2ccc(-c3cccc(OC)c3)nn2)CC1)C(=O)c1cccc(F)c1. The van der Waals surface area contributed by atoms with Gasteiger partial charge in [-0.05, 0) is 55.8 Å². The number of aromatic nitrogens is 2. The van der Waals surface area contributed by atoms with Crippen LogP contribution in [0.15, 0.2) is 60.7 Å². The maximum atomic E-state index is 13.7. The zero-order valence-electron chi connectivity index (χ0n) is 21.4. The van der Waals surface area contributed by atoms with E-state index in [-0.39, 0.29) is 30.0 Å². The Labute approximate surface area is 216 Å². The van der Waals surface area contributed by atoms with Gasteiger partial charge in [0.2, 0.25) is 5.91 Å².